The van der Waals surface area contributed by atoms with Gasteiger partial charge >= 0.3 is 5.97 Å². The van der Waals surface area contributed by atoms with Crippen molar-refractivity contribution in [3.63, 3.8) is 0 Å². The number of allylic oxidation sites excluding steroid dienone is 1. The number of halogens is 1. The van der Waals surface area contributed by atoms with Gasteiger partial charge in [-0.1, -0.05) is 35.1 Å². The van der Waals surface area contributed by atoms with E-state index in [0.29, 0.717) is 48.3 Å². The number of carbonyl (C=O) groups is 1. The summed E-state index contributed by atoms with van der Waals surface area (Å²) in [4.78, 5) is 42.8. The highest BCUT2D eigenvalue weighted by Crippen LogP contribution is 2.32. The van der Waals surface area contributed by atoms with Gasteiger partial charge in [0.1, 0.15) is 11.5 Å². The fraction of sp³-hybridized carbons (Fsp3) is 0.207. The van der Waals surface area contributed by atoms with E-state index in [9.17, 15) is 19.7 Å². The predicted octanol–water partition coefficient (Wildman–Crippen LogP) is 5.24. The van der Waals surface area contributed by atoms with Crippen LogP contribution in [0.1, 0.15) is 42.3 Å². The van der Waals surface area contributed by atoms with Crippen LogP contribution < -0.4 is 14.9 Å². The SMILES string of the molecule is CCOC(=O)C1=C(C)N=c2s/c(=C\c3ccc(-c4cc(C)c(C)c([N+](=O)[O-])c4)o3)c(=O)n2C1c1ccc(Cl)cc1. The van der Waals surface area contributed by atoms with Crippen LogP contribution in [-0.4, -0.2) is 22.1 Å². The summed E-state index contributed by atoms with van der Waals surface area (Å²) >= 11 is 7.27. The van der Waals surface area contributed by atoms with Gasteiger partial charge in [0.2, 0.25) is 0 Å². The van der Waals surface area contributed by atoms with Gasteiger partial charge in [-0.3, -0.25) is 19.5 Å². The van der Waals surface area contributed by atoms with Crippen LogP contribution in [0, 0.1) is 24.0 Å². The minimum absolute atomic E-state index is 0.0104. The van der Waals surface area contributed by atoms with Gasteiger partial charge < -0.3 is 9.15 Å². The molecule has 1 aliphatic rings. The third-order valence-corrected chi connectivity index (χ3v) is 7.96. The second kappa shape index (κ2) is 10.7. The summed E-state index contributed by atoms with van der Waals surface area (Å²) < 4.78 is 13.1. The molecule has 11 heteroatoms. The Morgan fingerprint density at radius 1 is 1.20 bits per heavy atom. The molecule has 0 spiro atoms. The first kappa shape index (κ1) is 27.3. The summed E-state index contributed by atoms with van der Waals surface area (Å²) in [5.74, 6) is 0.284. The topological polar surface area (TPSA) is 117 Å². The Morgan fingerprint density at radius 2 is 1.93 bits per heavy atom. The number of nitro groups is 1. The van der Waals surface area contributed by atoms with Crippen molar-refractivity contribution in [1.29, 1.82) is 0 Å². The van der Waals surface area contributed by atoms with E-state index in [1.807, 2.05) is 6.07 Å². The Balaban J connectivity index is 1.62. The molecular weight excluding hydrogens is 554 g/mol. The average molecular weight is 578 g/mol. The molecule has 4 aromatic rings. The number of nitro benzene ring substituents is 1. The van der Waals surface area contributed by atoms with E-state index in [4.69, 9.17) is 20.8 Å². The van der Waals surface area contributed by atoms with Gasteiger partial charge in [0, 0.05) is 28.3 Å². The fourth-order valence-corrected chi connectivity index (χ4v) is 5.79. The first-order valence-corrected chi connectivity index (χ1v) is 13.6. The molecule has 0 aliphatic carbocycles. The Kier molecular flexibility index (Phi) is 7.31. The average Bonchev–Trinajstić information content (AvgIpc) is 3.49. The van der Waals surface area contributed by atoms with Crippen molar-refractivity contribution < 1.29 is 18.9 Å². The molecule has 0 fully saturated rings. The summed E-state index contributed by atoms with van der Waals surface area (Å²) in [6.07, 6.45) is 1.60. The van der Waals surface area contributed by atoms with Gasteiger partial charge in [-0.25, -0.2) is 9.79 Å². The summed E-state index contributed by atoms with van der Waals surface area (Å²) in [5.41, 5.74) is 3.01. The van der Waals surface area contributed by atoms with E-state index in [2.05, 4.69) is 4.99 Å². The maximum Gasteiger partial charge on any atom is 0.338 e. The van der Waals surface area contributed by atoms with Crippen molar-refractivity contribution >= 4 is 40.7 Å². The van der Waals surface area contributed by atoms with Crippen molar-refractivity contribution in [3.05, 3.63) is 117 Å². The molecule has 0 N–H and O–H groups in total. The Morgan fingerprint density at radius 3 is 2.60 bits per heavy atom. The first-order chi connectivity index (χ1) is 19.1. The molecule has 1 unspecified atom stereocenters. The molecule has 5 rings (SSSR count). The number of nitrogens with zero attached hydrogens (tertiary/aromatic N) is 3. The maximum atomic E-state index is 13.7. The zero-order valence-corrected chi connectivity index (χ0v) is 23.6. The van der Waals surface area contributed by atoms with Crippen LogP contribution in [0.3, 0.4) is 0 Å². The van der Waals surface area contributed by atoms with Crippen LogP contribution >= 0.6 is 22.9 Å². The van der Waals surface area contributed by atoms with Gasteiger partial charge in [0.05, 0.1) is 33.4 Å². The molecule has 3 heterocycles. The molecule has 204 valence electrons. The van der Waals surface area contributed by atoms with Crippen molar-refractivity contribution in [2.24, 2.45) is 4.99 Å². The van der Waals surface area contributed by atoms with Crippen molar-refractivity contribution in [3.8, 4) is 11.3 Å². The van der Waals surface area contributed by atoms with Crippen LogP contribution in [0.4, 0.5) is 5.69 Å². The number of furan rings is 1. The maximum absolute atomic E-state index is 13.7. The summed E-state index contributed by atoms with van der Waals surface area (Å²) in [5, 5.41) is 12.0. The van der Waals surface area contributed by atoms with Crippen molar-refractivity contribution in [2.45, 2.75) is 33.7 Å². The van der Waals surface area contributed by atoms with Gasteiger partial charge in [0.15, 0.2) is 4.80 Å². The molecule has 2 aromatic carbocycles. The van der Waals surface area contributed by atoms with Crippen molar-refractivity contribution in [1.82, 2.24) is 4.57 Å². The second-order valence-corrected chi connectivity index (χ2v) is 10.7. The number of aryl methyl sites for hydroxylation is 1. The van der Waals surface area contributed by atoms with E-state index < -0.39 is 16.9 Å². The lowest BCUT2D eigenvalue weighted by Gasteiger charge is -2.24. The van der Waals surface area contributed by atoms with Gasteiger partial charge in [0.25, 0.3) is 11.2 Å². The summed E-state index contributed by atoms with van der Waals surface area (Å²) in [7, 11) is 0. The number of aromatic nitrogens is 1. The number of hydrogen-bond acceptors (Lipinski definition) is 8. The molecule has 0 saturated heterocycles. The smallest absolute Gasteiger partial charge is 0.338 e. The molecule has 0 radical (unpaired) electrons. The summed E-state index contributed by atoms with van der Waals surface area (Å²) in [6.45, 7) is 7.12. The number of rotatable bonds is 6. The van der Waals surface area contributed by atoms with Gasteiger partial charge in [-0.2, -0.15) is 0 Å². The molecule has 1 aliphatic heterocycles. The lowest BCUT2D eigenvalue weighted by Crippen LogP contribution is -2.39. The number of esters is 1. The Bertz CT molecular complexity index is 1880. The largest absolute Gasteiger partial charge is 0.463 e. The summed E-state index contributed by atoms with van der Waals surface area (Å²) in [6, 6.07) is 12.9. The van der Waals surface area contributed by atoms with E-state index in [-0.39, 0.29) is 23.4 Å². The minimum Gasteiger partial charge on any atom is -0.463 e. The zero-order valence-electron chi connectivity index (χ0n) is 22.1. The Labute approximate surface area is 237 Å². The number of carbonyl (C=O) groups excluding carboxylic acids is 1. The van der Waals surface area contributed by atoms with E-state index in [1.165, 1.54) is 22.0 Å². The van der Waals surface area contributed by atoms with Crippen LogP contribution in [0.25, 0.3) is 17.4 Å². The highest BCUT2D eigenvalue weighted by molar-refractivity contribution is 7.07. The van der Waals surface area contributed by atoms with Crippen LogP contribution in [-0.2, 0) is 9.53 Å². The van der Waals surface area contributed by atoms with Gasteiger partial charge in [-0.15, -0.1) is 0 Å². The number of hydrogen-bond donors (Lipinski definition) is 0. The molecule has 0 amide bonds. The Hall–Kier alpha value is -4.28. The molecule has 0 bridgehead atoms. The number of fused-ring (bicyclic) bond motifs is 1. The molecule has 1 atom stereocenters. The van der Waals surface area contributed by atoms with Crippen LogP contribution in [0.5, 0.6) is 0 Å². The standard InChI is InChI=1S/C29H24ClN3O6S/c1-5-38-28(35)25-17(4)31-29-32(26(25)18-6-8-20(30)9-7-18)27(34)24(40-29)14-21-10-11-23(39-21)19-12-15(2)16(3)22(13-19)33(36)37/h6-14,26H,5H2,1-4H3/b24-14-. The highest BCUT2D eigenvalue weighted by atomic mass is 35.5. The monoisotopic (exact) mass is 577 g/mol. The van der Waals surface area contributed by atoms with E-state index >= 15 is 0 Å². The second-order valence-electron chi connectivity index (χ2n) is 9.25. The molecular formula is C29H24ClN3O6S. The van der Waals surface area contributed by atoms with Crippen LogP contribution in [0.2, 0.25) is 5.02 Å². The third kappa shape index (κ3) is 4.91. The van der Waals surface area contributed by atoms with E-state index in [0.717, 1.165) is 5.56 Å². The lowest BCUT2D eigenvalue weighted by molar-refractivity contribution is -0.385. The number of benzene rings is 2. The molecule has 0 saturated carbocycles. The highest BCUT2D eigenvalue weighted by Gasteiger charge is 2.33. The minimum atomic E-state index is -0.752. The van der Waals surface area contributed by atoms with Crippen molar-refractivity contribution in [2.75, 3.05) is 6.61 Å². The third-order valence-electron chi connectivity index (χ3n) is 6.72. The predicted molar refractivity (Wildman–Crippen MR) is 152 cm³/mol. The lowest BCUT2D eigenvalue weighted by atomic mass is 9.96. The fourth-order valence-electron chi connectivity index (χ4n) is 4.64. The van der Waals surface area contributed by atoms with E-state index in [1.54, 1.807) is 70.2 Å². The first-order valence-electron chi connectivity index (χ1n) is 12.4. The molecule has 2 aromatic heterocycles. The molecule has 40 heavy (non-hydrogen) atoms. The number of thiazole rings is 1. The quantitative estimate of drug-likeness (QED) is 0.176. The molecule has 9 nitrogen and oxygen atoms in total. The van der Waals surface area contributed by atoms with Gasteiger partial charge in [-0.05, 0) is 69.2 Å². The number of ether oxygens (including phenoxy) is 1. The van der Waals surface area contributed by atoms with Crippen LogP contribution in [0.15, 0.2) is 74.0 Å². The normalized spacial score (nSPS) is 15.1. The zero-order chi connectivity index (χ0) is 28.7.